The lowest BCUT2D eigenvalue weighted by atomic mass is 10.1. The Bertz CT molecular complexity index is 313. The molecule has 90 valence electrons. The van der Waals surface area contributed by atoms with Crippen LogP contribution in [0.1, 0.15) is 24.5 Å². The second-order valence-corrected chi connectivity index (χ2v) is 3.97. The van der Waals surface area contributed by atoms with Gasteiger partial charge in [-0.3, -0.25) is 0 Å². The van der Waals surface area contributed by atoms with Gasteiger partial charge in [0.2, 0.25) is 0 Å². The van der Waals surface area contributed by atoms with Gasteiger partial charge in [0.05, 0.1) is 0 Å². The zero-order valence-electron chi connectivity index (χ0n) is 10.1. The van der Waals surface area contributed by atoms with Crippen molar-refractivity contribution in [2.24, 2.45) is 0 Å². The van der Waals surface area contributed by atoms with Crippen LogP contribution in [-0.2, 0) is 6.54 Å². The molecule has 1 aromatic rings. The van der Waals surface area contributed by atoms with Crippen LogP contribution in [0.25, 0.3) is 0 Å². The summed E-state index contributed by atoms with van der Waals surface area (Å²) >= 11 is 0. The summed E-state index contributed by atoms with van der Waals surface area (Å²) in [6.07, 6.45) is 1.15. The third-order valence-electron chi connectivity index (χ3n) is 2.49. The van der Waals surface area contributed by atoms with Gasteiger partial charge < -0.3 is 10.6 Å². The molecule has 0 radical (unpaired) electrons. The zero-order valence-corrected chi connectivity index (χ0v) is 10.1. The van der Waals surface area contributed by atoms with E-state index in [1.165, 1.54) is 0 Å². The van der Waals surface area contributed by atoms with Crippen molar-refractivity contribution in [1.82, 2.24) is 10.6 Å². The van der Waals surface area contributed by atoms with Crippen molar-refractivity contribution in [2.75, 3.05) is 19.6 Å². The van der Waals surface area contributed by atoms with Gasteiger partial charge in [-0.15, -0.1) is 0 Å². The van der Waals surface area contributed by atoms with E-state index in [-0.39, 0.29) is 5.82 Å². The molecule has 0 spiro atoms. The van der Waals surface area contributed by atoms with E-state index >= 15 is 0 Å². The summed E-state index contributed by atoms with van der Waals surface area (Å²) in [4.78, 5) is 0. The molecule has 2 N–H and O–H groups in total. The first-order valence-corrected chi connectivity index (χ1v) is 5.91. The van der Waals surface area contributed by atoms with Crippen LogP contribution in [0.5, 0.6) is 0 Å². The molecule has 0 saturated carbocycles. The molecule has 0 aliphatic heterocycles. The largest absolute Gasteiger partial charge is 0.315 e. The Kier molecular flexibility index (Phi) is 6.04. The number of hydrogen-bond acceptors (Lipinski definition) is 2. The van der Waals surface area contributed by atoms with Crippen LogP contribution in [0, 0.1) is 12.7 Å². The number of benzene rings is 1. The average Bonchev–Trinajstić information content (AvgIpc) is 2.29. The average molecular weight is 224 g/mol. The van der Waals surface area contributed by atoms with E-state index < -0.39 is 0 Å². The van der Waals surface area contributed by atoms with Gasteiger partial charge in [0.1, 0.15) is 5.82 Å². The van der Waals surface area contributed by atoms with Crippen molar-refractivity contribution in [3.05, 3.63) is 35.1 Å². The van der Waals surface area contributed by atoms with Crippen molar-refractivity contribution in [3.63, 3.8) is 0 Å². The molecule has 0 heterocycles. The monoisotopic (exact) mass is 224 g/mol. The summed E-state index contributed by atoms with van der Waals surface area (Å²) in [5.74, 6) is -0.0866. The van der Waals surface area contributed by atoms with E-state index in [4.69, 9.17) is 0 Å². The maximum atomic E-state index is 13.6. The highest BCUT2D eigenvalue weighted by Crippen LogP contribution is 2.11. The molecule has 0 bridgehead atoms. The minimum atomic E-state index is -0.0866. The van der Waals surface area contributed by atoms with E-state index in [9.17, 15) is 4.39 Å². The molecular formula is C13H21FN2. The van der Waals surface area contributed by atoms with Crippen molar-refractivity contribution in [3.8, 4) is 0 Å². The molecule has 2 nitrogen and oxygen atoms in total. The van der Waals surface area contributed by atoms with Gasteiger partial charge in [0.25, 0.3) is 0 Å². The molecule has 1 rings (SSSR count). The van der Waals surface area contributed by atoms with Crippen LogP contribution in [0.4, 0.5) is 4.39 Å². The summed E-state index contributed by atoms with van der Waals surface area (Å²) in [5, 5.41) is 6.52. The highest BCUT2D eigenvalue weighted by molar-refractivity contribution is 5.24. The molecular weight excluding hydrogens is 203 g/mol. The van der Waals surface area contributed by atoms with Crippen LogP contribution in [0.2, 0.25) is 0 Å². The Hall–Kier alpha value is -0.930. The fourth-order valence-corrected chi connectivity index (χ4v) is 1.55. The first-order valence-electron chi connectivity index (χ1n) is 5.91. The first kappa shape index (κ1) is 13.1. The molecule has 3 heteroatoms. The number of nitrogens with one attached hydrogen (secondary N) is 2. The first-order chi connectivity index (χ1) is 7.75. The summed E-state index contributed by atoms with van der Waals surface area (Å²) in [5.41, 5.74) is 1.46. The lowest BCUT2D eigenvalue weighted by molar-refractivity contribution is 0.567. The number of aryl methyl sites for hydroxylation is 1. The smallest absolute Gasteiger partial charge is 0.130 e. The molecule has 0 unspecified atom stereocenters. The Morgan fingerprint density at radius 2 is 1.88 bits per heavy atom. The van der Waals surface area contributed by atoms with E-state index in [0.29, 0.717) is 12.1 Å². The Balaban J connectivity index is 2.24. The number of rotatable bonds is 7. The van der Waals surface area contributed by atoms with Crippen LogP contribution in [-0.4, -0.2) is 19.6 Å². The second-order valence-electron chi connectivity index (χ2n) is 3.97. The van der Waals surface area contributed by atoms with Gasteiger partial charge in [-0.1, -0.05) is 25.1 Å². The standard InChI is InChI=1S/C13H21FN2/c1-3-7-15-8-9-16-10-12-6-4-5-11(2)13(12)14/h4-6,15-16H,3,7-10H2,1-2H3. The lowest BCUT2D eigenvalue weighted by Crippen LogP contribution is -2.27. The third kappa shape index (κ3) is 4.29. The highest BCUT2D eigenvalue weighted by atomic mass is 19.1. The Morgan fingerprint density at radius 3 is 2.62 bits per heavy atom. The van der Waals surface area contributed by atoms with E-state index in [1.54, 1.807) is 13.0 Å². The fourth-order valence-electron chi connectivity index (χ4n) is 1.55. The summed E-state index contributed by atoms with van der Waals surface area (Å²) < 4.78 is 13.6. The normalized spacial score (nSPS) is 10.7. The molecule has 16 heavy (non-hydrogen) atoms. The fraction of sp³-hybridized carbons (Fsp3) is 0.538. The van der Waals surface area contributed by atoms with Gasteiger partial charge in [0, 0.05) is 25.2 Å². The SMILES string of the molecule is CCCNCCNCc1cccc(C)c1F. The summed E-state index contributed by atoms with van der Waals surface area (Å²) in [6, 6.07) is 5.52. The minimum absolute atomic E-state index is 0.0866. The molecule has 1 aromatic carbocycles. The molecule has 0 aliphatic rings. The van der Waals surface area contributed by atoms with Crippen LogP contribution < -0.4 is 10.6 Å². The van der Waals surface area contributed by atoms with Crippen molar-refractivity contribution in [2.45, 2.75) is 26.8 Å². The molecule has 0 amide bonds. The Morgan fingerprint density at radius 1 is 1.12 bits per heavy atom. The van der Waals surface area contributed by atoms with Crippen molar-refractivity contribution >= 4 is 0 Å². The summed E-state index contributed by atoms with van der Waals surface area (Å²) in [6.45, 7) is 7.38. The van der Waals surface area contributed by atoms with E-state index in [2.05, 4.69) is 17.6 Å². The third-order valence-corrected chi connectivity index (χ3v) is 2.49. The minimum Gasteiger partial charge on any atom is -0.315 e. The quantitative estimate of drug-likeness (QED) is 0.694. The maximum absolute atomic E-state index is 13.6. The summed E-state index contributed by atoms with van der Waals surface area (Å²) in [7, 11) is 0. The van der Waals surface area contributed by atoms with Crippen molar-refractivity contribution in [1.29, 1.82) is 0 Å². The van der Waals surface area contributed by atoms with Gasteiger partial charge in [-0.05, 0) is 25.5 Å². The van der Waals surface area contributed by atoms with Crippen LogP contribution >= 0.6 is 0 Å². The van der Waals surface area contributed by atoms with E-state index in [0.717, 1.165) is 31.6 Å². The predicted molar refractivity (Wildman–Crippen MR) is 66.0 cm³/mol. The van der Waals surface area contributed by atoms with Crippen molar-refractivity contribution < 1.29 is 4.39 Å². The van der Waals surface area contributed by atoms with Gasteiger partial charge in [-0.25, -0.2) is 4.39 Å². The predicted octanol–water partition coefficient (Wildman–Crippen LogP) is 2.22. The molecule has 0 aliphatic carbocycles. The Labute approximate surface area is 97.3 Å². The molecule has 0 fully saturated rings. The van der Waals surface area contributed by atoms with Gasteiger partial charge in [-0.2, -0.15) is 0 Å². The second kappa shape index (κ2) is 7.36. The topological polar surface area (TPSA) is 24.1 Å². The van der Waals surface area contributed by atoms with E-state index in [1.807, 2.05) is 12.1 Å². The zero-order chi connectivity index (χ0) is 11.8. The highest BCUT2D eigenvalue weighted by Gasteiger charge is 2.03. The molecule has 0 saturated heterocycles. The van der Waals surface area contributed by atoms with Gasteiger partial charge in [0.15, 0.2) is 0 Å². The van der Waals surface area contributed by atoms with Crippen LogP contribution in [0.15, 0.2) is 18.2 Å². The lowest BCUT2D eigenvalue weighted by Gasteiger charge is -2.08. The van der Waals surface area contributed by atoms with Gasteiger partial charge >= 0.3 is 0 Å². The maximum Gasteiger partial charge on any atom is 0.130 e. The number of hydrogen-bond donors (Lipinski definition) is 2. The number of halogens is 1. The molecule has 0 aromatic heterocycles. The van der Waals surface area contributed by atoms with Crippen LogP contribution in [0.3, 0.4) is 0 Å². The molecule has 0 atom stereocenters.